The quantitative estimate of drug-likeness (QED) is 0.623. The van der Waals surface area contributed by atoms with Crippen molar-refractivity contribution in [2.75, 3.05) is 13.1 Å². The van der Waals surface area contributed by atoms with E-state index in [4.69, 9.17) is 0 Å². The molecule has 3 nitrogen and oxygen atoms in total. The van der Waals surface area contributed by atoms with Crippen LogP contribution in [-0.2, 0) is 11.3 Å². The van der Waals surface area contributed by atoms with E-state index >= 15 is 0 Å². The van der Waals surface area contributed by atoms with Gasteiger partial charge in [-0.25, -0.2) is 4.31 Å². The van der Waals surface area contributed by atoms with E-state index in [0.717, 1.165) is 19.4 Å². The van der Waals surface area contributed by atoms with Gasteiger partial charge in [0.2, 0.25) is 0 Å². The maximum absolute atomic E-state index is 10.4. The van der Waals surface area contributed by atoms with Crippen LogP contribution in [0.15, 0.2) is 0 Å². The first kappa shape index (κ1) is 12.1. The van der Waals surface area contributed by atoms with Crippen molar-refractivity contribution in [3.05, 3.63) is 0 Å². The predicted octanol–water partition coefficient (Wildman–Crippen LogP) is 1.54. The second-order valence-electron chi connectivity index (χ2n) is 2.67. The molecule has 0 aromatic heterocycles. The summed E-state index contributed by atoms with van der Waals surface area (Å²) in [7, 11) is 0. The SMILES string of the molecule is CC.CCC1CCN(S(=O)[O-])C1. The van der Waals surface area contributed by atoms with E-state index < -0.39 is 11.3 Å². The van der Waals surface area contributed by atoms with Gasteiger partial charge in [-0.1, -0.05) is 27.2 Å². The van der Waals surface area contributed by atoms with Gasteiger partial charge in [-0.2, -0.15) is 0 Å². The van der Waals surface area contributed by atoms with Gasteiger partial charge in [-0.3, -0.25) is 4.21 Å². The molecular formula is C8H18NO2S-. The van der Waals surface area contributed by atoms with Crippen LogP contribution >= 0.6 is 0 Å². The molecular weight excluding hydrogens is 174 g/mol. The van der Waals surface area contributed by atoms with Crippen molar-refractivity contribution in [3.8, 4) is 0 Å². The van der Waals surface area contributed by atoms with E-state index in [2.05, 4.69) is 6.92 Å². The summed E-state index contributed by atoms with van der Waals surface area (Å²) >= 11 is -1.98. The maximum atomic E-state index is 10.4. The highest BCUT2D eigenvalue weighted by Crippen LogP contribution is 2.19. The summed E-state index contributed by atoms with van der Waals surface area (Å²) in [5, 5.41) is 0. The van der Waals surface area contributed by atoms with E-state index in [1.165, 1.54) is 4.31 Å². The molecule has 74 valence electrons. The van der Waals surface area contributed by atoms with Gasteiger partial charge in [0, 0.05) is 24.4 Å². The lowest BCUT2D eigenvalue weighted by molar-refractivity contribution is 0.423. The van der Waals surface area contributed by atoms with Crippen molar-refractivity contribution >= 4 is 11.3 Å². The molecule has 2 unspecified atom stereocenters. The van der Waals surface area contributed by atoms with Crippen LogP contribution in [0.25, 0.3) is 0 Å². The molecule has 0 saturated carbocycles. The van der Waals surface area contributed by atoms with Crippen LogP contribution in [0.3, 0.4) is 0 Å². The van der Waals surface area contributed by atoms with Gasteiger partial charge in [0.05, 0.1) is 0 Å². The third kappa shape index (κ3) is 3.65. The Bertz CT molecular complexity index is 141. The number of rotatable bonds is 2. The Hall–Kier alpha value is 0.0700. The third-order valence-corrected chi connectivity index (χ3v) is 2.79. The van der Waals surface area contributed by atoms with Gasteiger partial charge in [0.15, 0.2) is 0 Å². The number of hydrogen-bond donors (Lipinski definition) is 0. The van der Waals surface area contributed by atoms with Gasteiger partial charge in [0.1, 0.15) is 0 Å². The largest absolute Gasteiger partial charge is 0.760 e. The lowest BCUT2D eigenvalue weighted by Crippen LogP contribution is -2.22. The zero-order valence-corrected chi connectivity index (χ0v) is 8.89. The molecule has 0 N–H and O–H groups in total. The summed E-state index contributed by atoms with van der Waals surface area (Å²) in [5.41, 5.74) is 0. The molecule has 1 aliphatic heterocycles. The Morgan fingerprint density at radius 2 is 2.17 bits per heavy atom. The summed E-state index contributed by atoms with van der Waals surface area (Å²) in [6.07, 6.45) is 2.12. The first-order valence-corrected chi connectivity index (χ1v) is 5.61. The fourth-order valence-electron chi connectivity index (χ4n) is 1.27. The molecule has 1 fully saturated rings. The van der Waals surface area contributed by atoms with Crippen molar-refractivity contribution in [1.29, 1.82) is 0 Å². The standard InChI is InChI=1S/C6H13NO2S.C2H6/c1-2-6-3-4-7(5-6)10(8)9;1-2/h6H,2-5H2,1H3,(H,8,9);1-2H3/p-1. The normalized spacial score (nSPS) is 26.2. The van der Waals surface area contributed by atoms with Gasteiger partial charge in [0.25, 0.3) is 0 Å². The first-order chi connectivity index (χ1) is 5.74. The molecule has 0 spiro atoms. The summed E-state index contributed by atoms with van der Waals surface area (Å²) < 4.78 is 22.3. The Labute approximate surface area is 77.6 Å². The average molecular weight is 192 g/mol. The van der Waals surface area contributed by atoms with E-state index in [1.807, 2.05) is 13.8 Å². The summed E-state index contributed by atoms with van der Waals surface area (Å²) in [5.74, 6) is 0.595. The van der Waals surface area contributed by atoms with E-state index in [9.17, 15) is 8.76 Å². The van der Waals surface area contributed by atoms with Crippen molar-refractivity contribution in [1.82, 2.24) is 4.31 Å². The number of hydrogen-bond acceptors (Lipinski definition) is 2. The second kappa shape index (κ2) is 6.57. The summed E-state index contributed by atoms with van der Waals surface area (Å²) in [6, 6.07) is 0. The molecule has 12 heavy (non-hydrogen) atoms. The minimum absolute atomic E-state index is 0.595. The second-order valence-corrected chi connectivity index (χ2v) is 3.62. The molecule has 4 heteroatoms. The van der Waals surface area contributed by atoms with Crippen LogP contribution in [0.4, 0.5) is 0 Å². The van der Waals surface area contributed by atoms with Gasteiger partial charge in [-0.05, 0) is 12.3 Å². The topological polar surface area (TPSA) is 43.4 Å². The Balaban J connectivity index is 0.000000561. The highest BCUT2D eigenvalue weighted by molar-refractivity contribution is 7.76. The Morgan fingerprint density at radius 3 is 2.42 bits per heavy atom. The van der Waals surface area contributed by atoms with Crippen LogP contribution in [0.1, 0.15) is 33.6 Å². The van der Waals surface area contributed by atoms with Crippen molar-refractivity contribution in [3.63, 3.8) is 0 Å². The third-order valence-electron chi connectivity index (χ3n) is 2.04. The van der Waals surface area contributed by atoms with Crippen molar-refractivity contribution in [2.45, 2.75) is 33.6 Å². The van der Waals surface area contributed by atoms with E-state index in [1.54, 1.807) is 0 Å². The lowest BCUT2D eigenvalue weighted by atomic mass is 10.1. The molecule has 1 saturated heterocycles. The molecule has 0 radical (unpaired) electrons. The highest BCUT2D eigenvalue weighted by Gasteiger charge is 2.20. The summed E-state index contributed by atoms with van der Waals surface area (Å²) in [4.78, 5) is 0. The summed E-state index contributed by atoms with van der Waals surface area (Å²) in [6.45, 7) is 7.54. The van der Waals surface area contributed by atoms with Crippen molar-refractivity contribution < 1.29 is 8.76 Å². The minimum Gasteiger partial charge on any atom is -0.760 e. The molecule has 0 amide bonds. The van der Waals surface area contributed by atoms with E-state index in [-0.39, 0.29) is 0 Å². The number of nitrogens with zero attached hydrogens (tertiary/aromatic N) is 1. The molecule has 0 aromatic rings. The van der Waals surface area contributed by atoms with Gasteiger partial charge < -0.3 is 4.55 Å². The zero-order valence-electron chi connectivity index (χ0n) is 8.08. The van der Waals surface area contributed by atoms with Crippen LogP contribution in [-0.4, -0.2) is 26.2 Å². The predicted molar refractivity (Wildman–Crippen MR) is 50.2 cm³/mol. The molecule has 0 aromatic carbocycles. The van der Waals surface area contributed by atoms with Crippen molar-refractivity contribution in [2.24, 2.45) is 5.92 Å². The minimum atomic E-state index is -1.98. The van der Waals surface area contributed by atoms with Crippen LogP contribution in [0.5, 0.6) is 0 Å². The average Bonchev–Trinajstić information content (AvgIpc) is 2.55. The molecule has 2 atom stereocenters. The van der Waals surface area contributed by atoms with Crippen LogP contribution < -0.4 is 0 Å². The Kier molecular flexibility index (Phi) is 6.61. The zero-order chi connectivity index (χ0) is 9.56. The lowest BCUT2D eigenvalue weighted by Gasteiger charge is -2.17. The highest BCUT2D eigenvalue weighted by atomic mass is 32.2. The van der Waals surface area contributed by atoms with Crippen LogP contribution in [0, 0.1) is 5.92 Å². The first-order valence-electron chi connectivity index (χ1n) is 4.58. The van der Waals surface area contributed by atoms with E-state index in [0.29, 0.717) is 12.5 Å². The van der Waals surface area contributed by atoms with Crippen LogP contribution in [0.2, 0.25) is 0 Å². The fraction of sp³-hybridized carbons (Fsp3) is 1.00. The molecule has 0 aliphatic carbocycles. The molecule has 1 rings (SSSR count). The monoisotopic (exact) mass is 192 g/mol. The maximum Gasteiger partial charge on any atom is 0.0209 e. The molecule has 0 bridgehead atoms. The molecule has 1 aliphatic rings. The van der Waals surface area contributed by atoms with Gasteiger partial charge >= 0.3 is 0 Å². The fourth-order valence-corrected chi connectivity index (χ4v) is 1.85. The molecule has 1 heterocycles. The smallest absolute Gasteiger partial charge is 0.0209 e. The van der Waals surface area contributed by atoms with Gasteiger partial charge in [-0.15, -0.1) is 0 Å². The Morgan fingerprint density at radius 1 is 1.58 bits per heavy atom.